The summed E-state index contributed by atoms with van der Waals surface area (Å²) in [7, 11) is 0. The van der Waals surface area contributed by atoms with Crippen LogP contribution in [0, 0.1) is 11.3 Å². The van der Waals surface area contributed by atoms with Gasteiger partial charge >= 0.3 is 0 Å². The largest absolute Gasteiger partial charge is 0.383 e. The van der Waals surface area contributed by atoms with Crippen LogP contribution in [0.2, 0.25) is 0 Å². The van der Waals surface area contributed by atoms with Crippen molar-refractivity contribution < 1.29 is 0 Å². The van der Waals surface area contributed by atoms with Crippen LogP contribution >= 0.6 is 23.5 Å². The van der Waals surface area contributed by atoms with Crippen molar-refractivity contribution in [2.24, 2.45) is 0 Å². The lowest BCUT2D eigenvalue weighted by Crippen LogP contribution is -2.26. The van der Waals surface area contributed by atoms with Gasteiger partial charge < -0.3 is 5.32 Å². The quantitative estimate of drug-likeness (QED) is 0.791. The van der Waals surface area contributed by atoms with Crippen LogP contribution in [0.4, 0.5) is 5.69 Å². The first-order valence-corrected chi connectivity index (χ1v) is 8.20. The minimum Gasteiger partial charge on any atom is -0.383 e. The first-order valence-electron chi connectivity index (χ1n) is 5.99. The van der Waals surface area contributed by atoms with Crippen molar-refractivity contribution in [1.82, 2.24) is 0 Å². The Hall–Kier alpha value is -0.790. The van der Waals surface area contributed by atoms with Crippen LogP contribution in [0.5, 0.6) is 0 Å². The van der Waals surface area contributed by atoms with E-state index < -0.39 is 0 Å². The zero-order chi connectivity index (χ0) is 13.6. The SMILES string of the molecule is CCSc1cccc(NCC(C)(C)SC)c1C#N. The minimum atomic E-state index is 0.167. The van der Waals surface area contributed by atoms with Gasteiger partial charge in [-0.05, 0) is 38.0 Å². The van der Waals surface area contributed by atoms with Crippen LogP contribution in [0.3, 0.4) is 0 Å². The number of hydrogen-bond acceptors (Lipinski definition) is 4. The highest BCUT2D eigenvalue weighted by atomic mass is 32.2. The Bertz CT molecular complexity index is 436. The molecule has 0 saturated heterocycles. The van der Waals surface area contributed by atoms with E-state index in [0.717, 1.165) is 28.4 Å². The molecule has 0 fully saturated rings. The van der Waals surface area contributed by atoms with E-state index in [1.54, 1.807) is 11.8 Å². The number of anilines is 1. The van der Waals surface area contributed by atoms with E-state index in [1.165, 1.54) is 0 Å². The maximum Gasteiger partial charge on any atom is 0.102 e. The average molecular weight is 280 g/mol. The van der Waals surface area contributed by atoms with Crippen LogP contribution in [0.1, 0.15) is 26.3 Å². The zero-order valence-corrected chi connectivity index (χ0v) is 13.0. The lowest BCUT2D eigenvalue weighted by atomic mass is 10.1. The number of nitrogens with zero attached hydrogens (tertiary/aromatic N) is 1. The van der Waals surface area contributed by atoms with Gasteiger partial charge in [-0.2, -0.15) is 17.0 Å². The minimum absolute atomic E-state index is 0.167. The summed E-state index contributed by atoms with van der Waals surface area (Å²) < 4.78 is 0.167. The molecule has 2 nitrogen and oxygen atoms in total. The summed E-state index contributed by atoms with van der Waals surface area (Å²) in [5, 5.41) is 12.7. The van der Waals surface area contributed by atoms with Crippen LogP contribution in [0.25, 0.3) is 0 Å². The van der Waals surface area contributed by atoms with Crippen LogP contribution in [-0.2, 0) is 0 Å². The molecule has 0 aliphatic heterocycles. The van der Waals surface area contributed by atoms with E-state index >= 15 is 0 Å². The van der Waals surface area contributed by atoms with Crippen molar-refractivity contribution in [3.05, 3.63) is 23.8 Å². The number of nitriles is 1. The van der Waals surface area contributed by atoms with Gasteiger partial charge in [0, 0.05) is 16.2 Å². The fraction of sp³-hybridized carbons (Fsp3) is 0.500. The topological polar surface area (TPSA) is 35.8 Å². The normalized spacial score (nSPS) is 11.1. The van der Waals surface area contributed by atoms with E-state index in [0.29, 0.717) is 0 Å². The number of thioether (sulfide) groups is 2. The van der Waals surface area contributed by atoms with E-state index in [4.69, 9.17) is 0 Å². The molecule has 0 unspecified atom stereocenters. The lowest BCUT2D eigenvalue weighted by Gasteiger charge is -2.23. The summed E-state index contributed by atoms with van der Waals surface area (Å²) in [6.45, 7) is 7.34. The summed E-state index contributed by atoms with van der Waals surface area (Å²) in [4.78, 5) is 1.06. The summed E-state index contributed by atoms with van der Waals surface area (Å²) >= 11 is 3.54. The molecule has 0 aliphatic rings. The molecule has 4 heteroatoms. The fourth-order valence-corrected chi connectivity index (χ4v) is 2.45. The Morgan fingerprint density at radius 2 is 2.11 bits per heavy atom. The van der Waals surface area contributed by atoms with Gasteiger partial charge in [0.1, 0.15) is 6.07 Å². The molecule has 0 heterocycles. The molecule has 1 rings (SSSR count). The molecule has 0 amide bonds. The van der Waals surface area contributed by atoms with Crippen molar-refractivity contribution in [3.63, 3.8) is 0 Å². The summed E-state index contributed by atoms with van der Waals surface area (Å²) in [6.07, 6.45) is 2.11. The third kappa shape index (κ3) is 4.15. The van der Waals surface area contributed by atoms with Gasteiger partial charge in [-0.15, -0.1) is 11.8 Å². The second kappa shape index (κ2) is 6.96. The number of hydrogen-bond donors (Lipinski definition) is 1. The van der Waals surface area contributed by atoms with Crippen LogP contribution in [-0.4, -0.2) is 23.3 Å². The van der Waals surface area contributed by atoms with Gasteiger partial charge in [-0.1, -0.05) is 13.0 Å². The molecule has 0 spiro atoms. The van der Waals surface area contributed by atoms with E-state index in [-0.39, 0.29) is 4.75 Å². The van der Waals surface area contributed by atoms with Crippen molar-refractivity contribution >= 4 is 29.2 Å². The van der Waals surface area contributed by atoms with E-state index in [1.807, 2.05) is 30.0 Å². The third-order valence-electron chi connectivity index (χ3n) is 2.70. The fourth-order valence-electron chi connectivity index (χ4n) is 1.45. The average Bonchev–Trinajstić information content (AvgIpc) is 2.37. The Morgan fingerprint density at radius 1 is 1.39 bits per heavy atom. The monoisotopic (exact) mass is 280 g/mol. The summed E-state index contributed by atoms with van der Waals surface area (Å²) in [5.74, 6) is 0.981. The predicted octanol–water partition coefficient (Wildman–Crippen LogP) is 4.22. The van der Waals surface area contributed by atoms with Gasteiger partial charge in [-0.25, -0.2) is 0 Å². The van der Waals surface area contributed by atoms with Gasteiger partial charge in [0.2, 0.25) is 0 Å². The second-order valence-corrected chi connectivity index (χ2v) is 7.36. The molecular formula is C14H20N2S2. The summed E-state index contributed by atoms with van der Waals surface area (Å²) in [5.41, 5.74) is 1.71. The third-order valence-corrected chi connectivity index (χ3v) is 4.88. The van der Waals surface area contributed by atoms with Crippen LogP contribution in [0.15, 0.2) is 23.1 Å². The number of nitrogens with one attached hydrogen (secondary N) is 1. The highest BCUT2D eigenvalue weighted by molar-refractivity contribution is 8.00. The maximum absolute atomic E-state index is 9.30. The highest BCUT2D eigenvalue weighted by Crippen LogP contribution is 2.29. The Balaban J connectivity index is 2.89. The molecule has 1 N–H and O–H groups in total. The Kier molecular flexibility index (Phi) is 5.90. The van der Waals surface area contributed by atoms with E-state index in [9.17, 15) is 5.26 Å². The lowest BCUT2D eigenvalue weighted by molar-refractivity contribution is 0.752. The second-order valence-electron chi connectivity index (χ2n) is 4.54. The molecule has 98 valence electrons. The molecule has 0 atom stereocenters. The Morgan fingerprint density at radius 3 is 2.67 bits per heavy atom. The summed E-state index contributed by atoms with van der Waals surface area (Å²) in [6, 6.07) is 8.31. The van der Waals surface area contributed by atoms with Gasteiger partial charge in [0.05, 0.1) is 11.3 Å². The molecule has 0 bridgehead atoms. The van der Waals surface area contributed by atoms with Gasteiger partial charge in [-0.3, -0.25) is 0 Å². The molecule has 18 heavy (non-hydrogen) atoms. The zero-order valence-electron chi connectivity index (χ0n) is 11.4. The molecule has 0 aliphatic carbocycles. The molecule has 0 aromatic heterocycles. The van der Waals surface area contributed by atoms with Crippen LogP contribution < -0.4 is 5.32 Å². The molecule has 0 radical (unpaired) electrons. The first-order chi connectivity index (χ1) is 8.54. The predicted molar refractivity (Wildman–Crippen MR) is 83.6 cm³/mol. The smallest absolute Gasteiger partial charge is 0.102 e. The number of benzene rings is 1. The highest BCUT2D eigenvalue weighted by Gasteiger charge is 2.16. The Labute approximate surface area is 119 Å². The molecule has 1 aromatic rings. The molecular weight excluding hydrogens is 260 g/mol. The van der Waals surface area contributed by atoms with Crippen molar-refractivity contribution in [1.29, 1.82) is 5.26 Å². The maximum atomic E-state index is 9.30. The van der Waals surface area contributed by atoms with Crippen molar-refractivity contribution in [3.8, 4) is 6.07 Å². The molecule has 0 saturated carbocycles. The van der Waals surface area contributed by atoms with Gasteiger partial charge in [0.15, 0.2) is 0 Å². The molecule has 1 aromatic carbocycles. The standard InChI is InChI=1S/C14H20N2S2/c1-5-18-13-8-6-7-12(11(13)9-15)16-10-14(2,3)17-4/h6-8,16H,5,10H2,1-4H3. The van der Waals surface area contributed by atoms with Crippen molar-refractivity contribution in [2.75, 3.05) is 23.9 Å². The first kappa shape index (κ1) is 15.3. The van der Waals surface area contributed by atoms with Crippen molar-refractivity contribution in [2.45, 2.75) is 30.4 Å². The number of rotatable bonds is 6. The van der Waals surface area contributed by atoms with E-state index in [2.05, 4.69) is 38.4 Å². The van der Waals surface area contributed by atoms with Gasteiger partial charge in [0.25, 0.3) is 0 Å².